The number of hydrogen-bond donors (Lipinski definition) is 2. The molecule has 0 aliphatic carbocycles. The molecule has 6 heteroatoms. The zero-order valence-corrected chi connectivity index (χ0v) is 17.7. The lowest BCUT2D eigenvalue weighted by atomic mass is 10.2. The molecule has 0 spiro atoms. The van der Waals surface area contributed by atoms with Gasteiger partial charge in [-0.3, -0.25) is 4.79 Å². The Labute approximate surface area is 183 Å². The smallest absolute Gasteiger partial charge is 0.243 e. The number of hydrogen-bond acceptors (Lipinski definition) is 5. The molecule has 0 atom stereocenters. The number of carbonyl (C=O) groups excluding carboxylic acids is 1. The van der Waals surface area contributed by atoms with Crippen LogP contribution in [-0.4, -0.2) is 39.4 Å². The molecule has 31 heavy (non-hydrogen) atoms. The number of nitrogens with one attached hydrogen (secondary N) is 2. The Bertz CT molecular complexity index is 913. The van der Waals surface area contributed by atoms with Gasteiger partial charge in [0.2, 0.25) is 5.91 Å². The Morgan fingerprint density at radius 2 is 1.35 bits per heavy atom. The van der Waals surface area contributed by atoms with Gasteiger partial charge >= 0.3 is 0 Å². The maximum absolute atomic E-state index is 12.2. The first-order chi connectivity index (χ1) is 15.2. The summed E-state index contributed by atoms with van der Waals surface area (Å²) in [6, 6.07) is 25.1. The van der Waals surface area contributed by atoms with E-state index >= 15 is 0 Å². The first-order valence-electron chi connectivity index (χ1n) is 10.3. The lowest BCUT2D eigenvalue weighted by molar-refractivity contribution is -0.114. The van der Waals surface area contributed by atoms with Gasteiger partial charge in [-0.2, -0.15) is 0 Å². The van der Waals surface area contributed by atoms with Gasteiger partial charge in [-0.1, -0.05) is 30.3 Å². The van der Waals surface area contributed by atoms with Crippen LogP contribution >= 0.6 is 0 Å². The van der Waals surface area contributed by atoms with Crippen molar-refractivity contribution in [2.24, 2.45) is 0 Å². The van der Waals surface area contributed by atoms with Crippen molar-refractivity contribution >= 4 is 17.3 Å². The second kappa shape index (κ2) is 12.2. The Morgan fingerprint density at radius 1 is 0.742 bits per heavy atom. The summed E-state index contributed by atoms with van der Waals surface area (Å²) in [4.78, 5) is 12.2. The molecule has 0 radical (unpaired) electrons. The standard InChI is InChI=1S/C25H28N2O4/c1-29-17-18-31-24-11-7-21(8-12-24)26-19-25(28)27-22-9-13-23(14-10-22)30-16-15-20-5-3-2-4-6-20/h2-14,26H,15-19H2,1H3,(H,27,28). The molecule has 2 N–H and O–H groups in total. The van der Waals surface area contributed by atoms with Crippen molar-refractivity contribution in [2.45, 2.75) is 6.42 Å². The zero-order chi connectivity index (χ0) is 21.7. The SMILES string of the molecule is COCCOc1ccc(NCC(=O)Nc2ccc(OCCc3ccccc3)cc2)cc1. The predicted molar refractivity (Wildman–Crippen MR) is 123 cm³/mol. The van der Waals surface area contributed by atoms with Gasteiger partial charge in [0.15, 0.2) is 0 Å². The largest absolute Gasteiger partial charge is 0.493 e. The monoisotopic (exact) mass is 420 g/mol. The number of ether oxygens (including phenoxy) is 3. The molecule has 0 fully saturated rings. The number of benzene rings is 3. The summed E-state index contributed by atoms with van der Waals surface area (Å²) in [5.41, 5.74) is 2.81. The number of rotatable bonds is 12. The molecule has 0 saturated carbocycles. The van der Waals surface area contributed by atoms with Crippen molar-refractivity contribution < 1.29 is 19.0 Å². The number of amides is 1. The molecule has 3 aromatic rings. The van der Waals surface area contributed by atoms with Crippen LogP contribution in [0.1, 0.15) is 5.56 Å². The fraction of sp³-hybridized carbons (Fsp3) is 0.240. The summed E-state index contributed by atoms with van der Waals surface area (Å²) in [7, 11) is 1.64. The second-order valence-corrected chi connectivity index (χ2v) is 6.88. The fourth-order valence-electron chi connectivity index (χ4n) is 2.87. The molecule has 0 saturated heterocycles. The third-order valence-corrected chi connectivity index (χ3v) is 4.50. The van der Waals surface area contributed by atoms with Gasteiger partial charge in [0.05, 0.1) is 19.8 Å². The lowest BCUT2D eigenvalue weighted by Crippen LogP contribution is -2.21. The third kappa shape index (κ3) is 8.03. The molecule has 0 bridgehead atoms. The van der Waals surface area contributed by atoms with Gasteiger partial charge in [0.1, 0.15) is 18.1 Å². The van der Waals surface area contributed by atoms with E-state index in [0.29, 0.717) is 19.8 Å². The molecule has 0 unspecified atom stereocenters. The highest BCUT2D eigenvalue weighted by Crippen LogP contribution is 2.17. The Hall–Kier alpha value is -3.51. The Kier molecular flexibility index (Phi) is 8.76. The molecular weight excluding hydrogens is 392 g/mol. The van der Waals surface area contributed by atoms with Gasteiger partial charge in [-0.15, -0.1) is 0 Å². The summed E-state index contributed by atoms with van der Waals surface area (Å²) in [5.74, 6) is 1.41. The van der Waals surface area contributed by atoms with E-state index in [2.05, 4.69) is 22.8 Å². The van der Waals surface area contributed by atoms with Crippen LogP contribution in [0.25, 0.3) is 0 Å². The van der Waals surface area contributed by atoms with E-state index in [9.17, 15) is 4.79 Å². The maximum atomic E-state index is 12.2. The quantitative estimate of drug-likeness (QED) is 0.426. The Balaban J connectivity index is 1.37. The van der Waals surface area contributed by atoms with Crippen molar-refractivity contribution in [3.05, 3.63) is 84.4 Å². The van der Waals surface area contributed by atoms with Crippen molar-refractivity contribution in [2.75, 3.05) is 44.1 Å². The summed E-state index contributed by atoms with van der Waals surface area (Å²) in [5, 5.41) is 5.97. The summed E-state index contributed by atoms with van der Waals surface area (Å²) < 4.78 is 16.2. The van der Waals surface area contributed by atoms with Crippen LogP contribution in [0.3, 0.4) is 0 Å². The van der Waals surface area contributed by atoms with E-state index in [0.717, 1.165) is 29.3 Å². The minimum atomic E-state index is -0.127. The van der Waals surface area contributed by atoms with Crippen molar-refractivity contribution in [3.63, 3.8) is 0 Å². The molecular formula is C25H28N2O4. The van der Waals surface area contributed by atoms with Crippen LogP contribution in [0, 0.1) is 0 Å². The summed E-state index contributed by atoms with van der Waals surface area (Å²) in [6.45, 7) is 1.82. The predicted octanol–water partition coefficient (Wildman–Crippen LogP) is 4.38. The molecule has 0 heterocycles. The highest BCUT2D eigenvalue weighted by molar-refractivity contribution is 5.93. The molecule has 162 valence electrons. The van der Waals surface area contributed by atoms with Crippen molar-refractivity contribution in [1.82, 2.24) is 0 Å². The lowest BCUT2D eigenvalue weighted by Gasteiger charge is -2.10. The van der Waals surface area contributed by atoms with Gasteiger partial charge in [0.25, 0.3) is 0 Å². The maximum Gasteiger partial charge on any atom is 0.243 e. The first-order valence-corrected chi connectivity index (χ1v) is 10.3. The van der Waals surface area contributed by atoms with Crippen LogP contribution in [0.4, 0.5) is 11.4 Å². The average Bonchev–Trinajstić information content (AvgIpc) is 2.81. The van der Waals surface area contributed by atoms with Crippen LogP contribution < -0.4 is 20.1 Å². The highest BCUT2D eigenvalue weighted by atomic mass is 16.5. The number of methoxy groups -OCH3 is 1. The molecule has 3 aromatic carbocycles. The molecule has 6 nitrogen and oxygen atoms in total. The molecule has 0 aliphatic heterocycles. The number of anilines is 2. The van der Waals surface area contributed by atoms with E-state index < -0.39 is 0 Å². The normalized spacial score (nSPS) is 10.4. The van der Waals surface area contributed by atoms with Crippen LogP contribution in [0.5, 0.6) is 11.5 Å². The average molecular weight is 421 g/mol. The van der Waals surface area contributed by atoms with E-state index in [1.54, 1.807) is 7.11 Å². The topological polar surface area (TPSA) is 68.8 Å². The van der Waals surface area contributed by atoms with Crippen LogP contribution in [0.15, 0.2) is 78.9 Å². The Morgan fingerprint density at radius 3 is 2.00 bits per heavy atom. The fourth-order valence-corrected chi connectivity index (χ4v) is 2.87. The van der Waals surface area contributed by atoms with Crippen LogP contribution in [0.2, 0.25) is 0 Å². The molecule has 3 rings (SSSR count). The molecule has 0 aromatic heterocycles. The highest BCUT2D eigenvalue weighted by Gasteiger charge is 2.04. The van der Waals surface area contributed by atoms with Crippen LogP contribution in [-0.2, 0) is 16.0 Å². The minimum absolute atomic E-state index is 0.127. The van der Waals surface area contributed by atoms with E-state index in [1.807, 2.05) is 66.7 Å². The second-order valence-electron chi connectivity index (χ2n) is 6.88. The van der Waals surface area contributed by atoms with Gasteiger partial charge in [-0.05, 0) is 54.1 Å². The van der Waals surface area contributed by atoms with Gasteiger partial charge in [0, 0.05) is 24.9 Å². The number of carbonyl (C=O) groups is 1. The van der Waals surface area contributed by atoms with E-state index in [-0.39, 0.29) is 12.5 Å². The molecule has 1 amide bonds. The first kappa shape index (κ1) is 22.2. The van der Waals surface area contributed by atoms with Crippen molar-refractivity contribution in [3.8, 4) is 11.5 Å². The summed E-state index contributed by atoms with van der Waals surface area (Å²) in [6.07, 6.45) is 0.852. The molecule has 0 aliphatic rings. The van der Waals surface area contributed by atoms with E-state index in [4.69, 9.17) is 14.2 Å². The van der Waals surface area contributed by atoms with E-state index in [1.165, 1.54) is 5.56 Å². The van der Waals surface area contributed by atoms with Crippen molar-refractivity contribution in [1.29, 1.82) is 0 Å². The minimum Gasteiger partial charge on any atom is -0.493 e. The van der Waals surface area contributed by atoms with Gasteiger partial charge < -0.3 is 24.8 Å². The zero-order valence-electron chi connectivity index (χ0n) is 17.7. The third-order valence-electron chi connectivity index (χ3n) is 4.50. The summed E-state index contributed by atoms with van der Waals surface area (Å²) >= 11 is 0. The van der Waals surface area contributed by atoms with Gasteiger partial charge in [-0.25, -0.2) is 0 Å².